The highest BCUT2D eigenvalue weighted by atomic mass is 16.2. The van der Waals surface area contributed by atoms with Gasteiger partial charge >= 0.3 is 0 Å². The topological polar surface area (TPSA) is 41.1 Å². The molecular weight excluding hydrogens is 212 g/mol. The SMILES string of the molecule is C=CC(C)NC(=O)C1CCC2CCCCC2N1. The molecule has 2 rings (SSSR count). The summed E-state index contributed by atoms with van der Waals surface area (Å²) in [4.78, 5) is 12.0. The Kier molecular flexibility index (Phi) is 4.21. The van der Waals surface area contributed by atoms with Gasteiger partial charge in [-0.25, -0.2) is 0 Å². The first kappa shape index (κ1) is 12.6. The molecule has 96 valence electrons. The van der Waals surface area contributed by atoms with Gasteiger partial charge in [0, 0.05) is 12.1 Å². The van der Waals surface area contributed by atoms with Gasteiger partial charge < -0.3 is 10.6 Å². The van der Waals surface area contributed by atoms with Crippen molar-refractivity contribution in [2.45, 2.75) is 63.6 Å². The molecule has 0 aromatic heterocycles. The van der Waals surface area contributed by atoms with Crippen LogP contribution in [0, 0.1) is 5.92 Å². The Balaban J connectivity index is 1.86. The predicted molar refractivity (Wildman–Crippen MR) is 69.7 cm³/mol. The Labute approximate surface area is 104 Å². The molecule has 3 nitrogen and oxygen atoms in total. The van der Waals surface area contributed by atoms with E-state index in [0.29, 0.717) is 6.04 Å². The summed E-state index contributed by atoms with van der Waals surface area (Å²) in [5.41, 5.74) is 0. The zero-order valence-corrected chi connectivity index (χ0v) is 10.7. The molecule has 0 aromatic rings. The summed E-state index contributed by atoms with van der Waals surface area (Å²) in [6.45, 7) is 5.64. The molecule has 1 saturated carbocycles. The van der Waals surface area contributed by atoms with Gasteiger partial charge in [-0.1, -0.05) is 18.9 Å². The highest BCUT2D eigenvalue weighted by Crippen LogP contribution is 2.32. The summed E-state index contributed by atoms with van der Waals surface area (Å²) in [5.74, 6) is 0.950. The largest absolute Gasteiger partial charge is 0.349 e. The van der Waals surface area contributed by atoms with E-state index in [4.69, 9.17) is 0 Å². The standard InChI is InChI=1S/C14H24N2O/c1-3-10(2)15-14(17)13-9-8-11-6-4-5-7-12(11)16-13/h3,10-13,16H,1,4-9H2,2H3,(H,15,17). The normalized spacial score (nSPS) is 34.5. The van der Waals surface area contributed by atoms with Crippen LogP contribution >= 0.6 is 0 Å². The number of hydrogen-bond acceptors (Lipinski definition) is 2. The van der Waals surface area contributed by atoms with Gasteiger partial charge in [0.15, 0.2) is 0 Å². The van der Waals surface area contributed by atoms with E-state index in [1.807, 2.05) is 6.92 Å². The van der Waals surface area contributed by atoms with E-state index in [1.54, 1.807) is 6.08 Å². The lowest BCUT2D eigenvalue weighted by Gasteiger charge is -2.40. The van der Waals surface area contributed by atoms with Crippen LogP contribution < -0.4 is 10.6 Å². The van der Waals surface area contributed by atoms with Crippen LogP contribution in [-0.4, -0.2) is 24.0 Å². The fourth-order valence-electron chi connectivity index (χ4n) is 3.09. The van der Waals surface area contributed by atoms with E-state index in [0.717, 1.165) is 12.3 Å². The molecule has 0 aromatic carbocycles. The lowest BCUT2D eigenvalue weighted by atomic mass is 9.77. The number of carbonyl (C=O) groups is 1. The third kappa shape index (κ3) is 3.09. The van der Waals surface area contributed by atoms with Crippen molar-refractivity contribution in [3.63, 3.8) is 0 Å². The van der Waals surface area contributed by atoms with Crippen LogP contribution in [0.25, 0.3) is 0 Å². The molecular formula is C14H24N2O. The van der Waals surface area contributed by atoms with E-state index in [9.17, 15) is 4.79 Å². The minimum absolute atomic E-state index is 0.0109. The maximum absolute atomic E-state index is 12.0. The van der Waals surface area contributed by atoms with E-state index < -0.39 is 0 Å². The number of nitrogens with one attached hydrogen (secondary N) is 2. The fourth-order valence-corrected chi connectivity index (χ4v) is 3.09. The van der Waals surface area contributed by atoms with E-state index in [2.05, 4.69) is 17.2 Å². The number of rotatable bonds is 3. The fraction of sp³-hybridized carbons (Fsp3) is 0.786. The molecule has 1 aliphatic heterocycles. The summed E-state index contributed by atoms with van der Waals surface area (Å²) in [5, 5.41) is 6.51. The Morgan fingerprint density at radius 2 is 2.12 bits per heavy atom. The van der Waals surface area contributed by atoms with Crippen molar-refractivity contribution in [3.05, 3.63) is 12.7 Å². The second-order valence-electron chi connectivity index (χ2n) is 5.48. The van der Waals surface area contributed by atoms with Crippen molar-refractivity contribution in [2.24, 2.45) is 5.92 Å². The molecule has 1 aliphatic carbocycles. The van der Waals surface area contributed by atoms with Crippen LogP contribution in [0.2, 0.25) is 0 Å². The lowest BCUT2D eigenvalue weighted by molar-refractivity contribution is -0.124. The minimum atomic E-state index is 0.0109. The average Bonchev–Trinajstić information content (AvgIpc) is 2.38. The molecule has 4 atom stereocenters. The maximum Gasteiger partial charge on any atom is 0.237 e. The van der Waals surface area contributed by atoms with Crippen molar-refractivity contribution in [1.82, 2.24) is 10.6 Å². The van der Waals surface area contributed by atoms with Crippen molar-refractivity contribution < 1.29 is 4.79 Å². The molecule has 1 heterocycles. The zero-order chi connectivity index (χ0) is 12.3. The number of fused-ring (bicyclic) bond motifs is 1. The third-order valence-corrected chi connectivity index (χ3v) is 4.19. The highest BCUT2D eigenvalue weighted by Gasteiger charge is 2.34. The molecule has 0 bridgehead atoms. The second kappa shape index (κ2) is 5.67. The van der Waals surface area contributed by atoms with Gasteiger partial charge in [0.25, 0.3) is 0 Å². The Bertz CT molecular complexity index is 290. The minimum Gasteiger partial charge on any atom is -0.349 e. The molecule has 1 saturated heterocycles. The maximum atomic E-state index is 12.0. The summed E-state index contributed by atoms with van der Waals surface area (Å²) in [6.07, 6.45) is 9.22. The number of hydrogen-bond donors (Lipinski definition) is 2. The van der Waals surface area contributed by atoms with Gasteiger partial charge in [-0.15, -0.1) is 6.58 Å². The van der Waals surface area contributed by atoms with Crippen LogP contribution in [0.5, 0.6) is 0 Å². The quantitative estimate of drug-likeness (QED) is 0.736. The van der Waals surface area contributed by atoms with Gasteiger partial charge in [0.2, 0.25) is 5.91 Å². The van der Waals surface area contributed by atoms with Crippen LogP contribution in [0.1, 0.15) is 45.4 Å². The Morgan fingerprint density at radius 1 is 1.35 bits per heavy atom. The molecule has 2 aliphatic rings. The smallest absolute Gasteiger partial charge is 0.237 e. The van der Waals surface area contributed by atoms with Crippen LogP contribution in [0.4, 0.5) is 0 Å². The van der Waals surface area contributed by atoms with Gasteiger partial charge in [0.05, 0.1) is 6.04 Å². The predicted octanol–water partition coefficient (Wildman–Crippen LogP) is 1.99. The summed E-state index contributed by atoms with van der Waals surface area (Å²) in [7, 11) is 0. The third-order valence-electron chi connectivity index (χ3n) is 4.19. The summed E-state index contributed by atoms with van der Waals surface area (Å²) in [6, 6.07) is 0.650. The number of amides is 1. The molecule has 2 fully saturated rings. The van der Waals surface area contributed by atoms with Gasteiger partial charge in [-0.3, -0.25) is 4.79 Å². The summed E-state index contributed by atoms with van der Waals surface area (Å²) < 4.78 is 0. The average molecular weight is 236 g/mol. The van der Waals surface area contributed by atoms with Crippen molar-refractivity contribution in [1.29, 1.82) is 0 Å². The first-order valence-electron chi connectivity index (χ1n) is 6.89. The van der Waals surface area contributed by atoms with Gasteiger partial charge in [-0.2, -0.15) is 0 Å². The Hall–Kier alpha value is -0.830. The monoisotopic (exact) mass is 236 g/mol. The summed E-state index contributed by atoms with van der Waals surface area (Å²) >= 11 is 0. The van der Waals surface area contributed by atoms with Gasteiger partial charge in [-0.05, 0) is 38.5 Å². The first-order valence-corrected chi connectivity index (χ1v) is 6.89. The molecule has 0 radical (unpaired) electrons. The van der Waals surface area contributed by atoms with Gasteiger partial charge in [0.1, 0.15) is 0 Å². The second-order valence-corrected chi connectivity index (χ2v) is 5.48. The zero-order valence-electron chi connectivity index (χ0n) is 10.7. The van der Waals surface area contributed by atoms with Crippen molar-refractivity contribution >= 4 is 5.91 Å². The molecule has 2 N–H and O–H groups in total. The first-order chi connectivity index (χ1) is 8.20. The van der Waals surface area contributed by atoms with Crippen molar-refractivity contribution in [3.8, 4) is 0 Å². The Morgan fingerprint density at radius 3 is 2.88 bits per heavy atom. The molecule has 4 unspecified atom stereocenters. The van der Waals surface area contributed by atoms with Crippen LogP contribution in [0.3, 0.4) is 0 Å². The van der Waals surface area contributed by atoms with Crippen molar-refractivity contribution in [2.75, 3.05) is 0 Å². The molecule has 17 heavy (non-hydrogen) atoms. The van der Waals surface area contributed by atoms with E-state index in [1.165, 1.54) is 32.1 Å². The number of carbonyl (C=O) groups excluding carboxylic acids is 1. The highest BCUT2D eigenvalue weighted by molar-refractivity contribution is 5.82. The van der Waals surface area contributed by atoms with E-state index in [-0.39, 0.29) is 18.0 Å². The number of piperidine rings is 1. The van der Waals surface area contributed by atoms with Crippen LogP contribution in [-0.2, 0) is 4.79 Å². The van der Waals surface area contributed by atoms with E-state index >= 15 is 0 Å². The molecule has 1 amide bonds. The van der Waals surface area contributed by atoms with Crippen LogP contribution in [0.15, 0.2) is 12.7 Å². The molecule has 3 heteroatoms. The molecule has 0 spiro atoms. The lowest BCUT2D eigenvalue weighted by Crippen LogP contribution is -2.55.